The zero-order valence-corrected chi connectivity index (χ0v) is 18.1. The van der Waals surface area contributed by atoms with E-state index in [1.165, 1.54) is 0 Å². The number of pyridine rings is 1. The van der Waals surface area contributed by atoms with E-state index in [-0.39, 0.29) is 18.2 Å². The van der Waals surface area contributed by atoms with Crippen molar-refractivity contribution in [3.63, 3.8) is 0 Å². The number of hydrogen-bond donors (Lipinski definition) is 0. The van der Waals surface area contributed by atoms with Gasteiger partial charge in [-0.1, -0.05) is 16.4 Å². The van der Waals surface area contributed by atoms with E-state index in [9.17, 15) is 9.59 Å². The van der Waals surface area contributed by atoms with Crippen LogP contribution in [0, 0.1) is 12.8 Å². The Balaban J connectivity index is 1.20. The predicted molar refractivity (Wildman–Crippen MR) is 114 cm³/mol. The molecule has 0 aromatic carbocycles. The van der Waals surface area contributed by atoms with Gasteiger partial charge in [0, 0.05) is 51.9 Å². The third-order valence-corrected chi connectivity index (χ3v) is 6.31. The van der Waals surface area contributed by atoms with Gasteiger partial charge in [-0.05, 0) is 44.2 Å². The molecule has 0 aliphatic carbocycles. The number of carbonyl (C=O) groups excluding carboxylic acids is 2. The number of nitrogens with zero attached hydrogens (tertiary/aromatic N) is 6. The molecule has 0 unspecified atom stereocenters. The summed E-state index contributed by atoms with van der Waals surface area (Å²) in [6.45, 7) is 6.36. The van der Waals surface area contributed by atoms with Gasteiger partial charge >= 0.3 is 0 Å². The van der Waals surface area contributed by atoms with Gasteiger partial charge in [0.25, 0.3) is 0 Å². The highest BCUT2D eigenvalue weighted by Crippen LogP contribution is 2.23. The second-order valence-corrected chi connectivity index (χ2v) is 8.42. The van der Waals surface area contributed by atoms with Crippen molar-refractivity contribution in [2.24, 2.45) is 5.92 Å². The lowest BCUT2D eigenvalue weighted by Crippen LogP contribution is -2.49. The van der Waals surface area contributed by atoms with Gasteiger partial charge in [0.1, 0.15) is 17.2 Å². The molecule has 0 spiro atoms. The fourth-order valence-corrected chi connectivity index (χ4v) is 4.40. The second-order valence-electron chi connectivity index (χ2n) is 8.42. The average molecular weight is 427 g/mol. The Hall–Kier alpha value is -2.97. The van der Waals surface area contributed by atoms with Gasteiger partial charge in [0.15, 0.2) is 0 Å². The minimum Gasteiger partial charge on any atom is -0.353 e. The molecule has 2 fully saturated rings. The molecule has 4 rings (SSSR count). The molecule has 0 N–H and O–H groups in total. The van der Waals surface area contributed by atoms with Crippen LogP contribution in [0.2, 0.25) is 0 Å². The molecule has 0 radical (unpaired) electrons. The SMILES string of the molecule is Cc1nonc1CC(=O)N1CCC[C@@H](CCC(=O)N2CCN(c3ccccn3)CC2)C1. The van der Waals surface area contributed by atoms with Crippen LogP contribution in [0.1, 0.15) is 37.1 Å². The summed E-state index contributed by atoms with van der Waals surface area (Å²) in [5, 5.41) is 7.55. The first kappa shape index (κ1) is 21.3. The van der Waals surface area contributed by atoms with Crippen LogP contribution < -0.4 is 4.90 Å². The third-order valence-electron chi connectivity index (χ3n) is 6.31. The zero-order valence-electron chi connectivity index (χ0n) is 18.1. The molecule has 2 amide bonds. The molecular formula is C22H30N6O3. The van der Waals surface area contributed by atoms with Gasteiger partial charge in [-0.2, -0.15) is 0 Å². The first-order chi connectivity index (χ1) is 15.1. The van der Waals surface area contributed by atoms with Crippen molar-refractivity contribution in [3.05, 3.63) is 35.8 Å². The van der Waals surface area contributed by atoms with Crippen molar-refractivity contribution >= 4 is 17.6 Å². The lowest BCUT2D eigenvalue weighted by atomic mass is 9.92. The monoisotopic (exact) mass is 426 g/mol. The largest absolute Gasteiger partial charge is 0.353 e. The first-order valence-corrected chi connectivity index (χ1v) is 11.1. The minimum absolute atomic E-state index is 0.0560. The Morgan fingerprint density at radius 2 is 1.90 bits per heavy atom. The Morgan fingerprint density at radius 1 is 1.06 bits per heavy atom. The van der Waals surface area contributed by atoms with E-state index in [4.69, 9.17) is 0 Å². The first-order valence-electron chi connectivity index (χ1n) is 11.1. The molecule has 2 aromatic heterocycles. The molecule has 1 atom stereocenters. The quantitative estimate of drug-likeness (QED) is 0.693. The summed E-state index contributed by atoms with van der Waals surface area (Å²) < 4.78 is 4.69. The molecule has 31 heavy (non-hydrogen) atoms. The van der Waals surface area contributed by atoms with E-state index in [1.54, 1.807) is 13.1 Å². The topological polar surface area (TPSA) is 95.7 Å². The highest BCUT2D eigenvalue weighted by molar-refractivity contribution is 5.78. The van der Waals surface area contributed by atoms with Crippen molar-refractivity contribution < 1.29 is 14.2 Å². The van der Waals surface area contributed by atoms with Crippen molar-refractivity contribution in [3.8, 4) is 0 Å². The smallest absolute Gasteiger partial charge is 0.228 e. The normalized spacial score (nSPS) is 19.5. The zero-order chi connectivity index (χ0) is 21.6. The van der Waals surface area contributed by atoms with Crippen LogP contribution in [0.4, 0.5) is 5.82 Å². The van der Waals surface area contributed by atoms with E-state index in [0.717, 1.165) is 57.8 Å². The van der Waals surface area contributed by atoms with Crippen molar-refractivity contribution in [2.75, 3.05) is 44.2 Å². The summed E-state index contributed by atoms with van der Waals surface area (Å²) in [6, 6.07) is 5.91. The van der Waals surface area contributed by atoms with Crippen LogP contribution in [0.15, 0.2) is 29.0 Å². The van der Waals surface area contributed by atoms with E-state index < -0.39 is 0 Å². The standard InChI is InChI=1S/C22H30N6O3/c1-17-19(25-31-24-17)15-22(30)28-10-4-5-18(16-28)7-8-21(29)27-13-11-26(12-14-27)20-6-2-3-9-23-20/h2-3,6,9,18H,4-5,7-8,10-16H2,1H3/t18-/m0/s1. The maximum Gasteiger partial charge on any atom is 0.228 e. The van der Waals surface area contributed by atoms with Gasteiger partial charge < -0.3 is 14.7 Å². The molecule has 0 bridgehead atoms. The van der Waals surface area contributed by atoms with Gasteiger partial charge in [-0.3, -0.25) is 9.59 Å². The maximum atomic E-state index is 12.7. The fraction of sp³-hybridized carbons (Fsp3) is 0.591. The molecule has 166 valence electrons. The third kappa shape index (κ3) is 5.39. The summed E-state index contributed by atoms with van der Waals surface area (Å²) in [7, 11) is 0. The van der Waals surface area contributed by atoms with Crippen LogP contribution in [0.3, 0.4) is 0 Å². The maximum absolute atomic E-state index is 12.7. The van der Waals surface area contributed by atoms with Crippen molar-refractivity contribution in [2.45, 2.75) is 39.0 Å². The molecule has 2 aliphatic rings. The second kappa shape index (κ2) is 9.89. The summed E-state index contributed by atoms with van der Waals surface area (Å²) >= 11 is 0. The molecule has 0 saturated carbocycles. The number of likely N-dealkylation sites (tertiary alicyclic amines) is 1. The number of carbonyl (C=O) groups is 2. The Morgan fingerprint density at radius 3 is 2.61 bits per heavy atom. The molecule has 9 heteroatoms. The number of amides is 2. The summed E-state index contributed by atoms with van der Waals surface area (Å²) in [6.07, 6.45) is 5.44. The van der Waals surface area contributed by atoms with Gasteiger partial charge in [0.2, 0.25) is 11.8 Å². The number of anilines is 1. The van der Waals surface area contributed by atoms with Gasteiger partial charge in [-0.25, -0.2) is 9.61 Å². The molecule has 2 aliphatic heterocycles. The number of aromatic nitrogens is 3. The molecule has 2 aromatic rings. The molecule has 4 heterocycles. The van der Waals surface area contributed by atoms with Crippen molar-refractivity contribution in [1.29, 1.82) is 0 Å². The van der Waals surface area contributed by atoms with E-state index in [1.807, 2.05) is 28.0 Å². The molecule has 9 nitrogen and oxygen atoms in total. The Kier molecular flexibility index (Phi) is 6.79. The van der Waals surface area contributed by atoms with E-state index >= 15 is 0 Å². The molecular weight excluding hydrogens is 396 g/mol. The lowest BCUT2D eigenvalue weighted by Gasteiger charge is -2.36. The number of piperazine rings is 1. The van der Waals surface area contributed by atoms with Crippen LogP contribution in [0.25, 0.3) is 0 Å². The average Bonchev–Trinajstić information content (AvgIpc) is 3.22. The number of piperidine rings is 1. The highest BCUT2D eigenvalue weighted by Gasteiger charge is 2.27. The summed E-state index contributed by atoms with van der Waals surface area (Å²) in [5.74, 6) is 1.61. The minimum atomic E-state index is 0.0560. The fourth-order valence-electron chi connectivity index (χ4n) is 4.40. The molecule has 2 saturated heterocycles. The van der Waals surface area contributed by atoms with E-state index in [0.29, 0.717) is 30.3 Å². The summed E-state index contributed by atoms with van der Waals surface area (Å²) in [4.78, 5) is 35.8. The summed E-state index contributed by atoms with van der Waals surface area (Å²) in [5.41, 5.74) is 1.27. The van der Waals surface area contributed by atoms with Gasteiger partial charge in [-0.15, -0.1) is 0 Å². The van der Waals surface area contributed by atoms with Gasteiger partial charge in [0.05, 0.1) is 6.42 Å². The van der Waals surface area contributed by atoms with Crippen LogP contribution >= 0.6 is 0 Å². The van der Waals surface area contributed by atoms with Crippen LogP contribution in [-0.2, 0) is 16.0 Å². The highest BCUT2D eigenvalue weighted by atomic mass is 16.6. The Bertz CT molecular complexity index is 878. The van der Waals surface area contributed by atoms with E-state index in [2.05, 4.69) is 24.8 Å². The lowest BCUT2D eigenvalue weighted by molar-refractivity contribution is -0.132. The van der Waals surface area contributed by atoms with Crippen LogP contribution in [-0.4, -0.2) is 76.2 Å². The van der Waals surface area contributed by atoms with Crippen LogP contribution in [0.5, 0.6) is 0 Å². The number of hydrogen-bond acceptors (Lipinski definition) is 7. The number of rotatable bonds is 6. The Labute approximate surface area is 182 Å². The van der Waals surface area contributed by atoms with Crippen molar-refractivity contribution in [1.82, 2.24) is 25.1 Å². The number of aryl methyl sites for hydroxylation is 1. The predicted octanol–water partition coefficient (Wildman–Crippen LogP) is 1.68.